The lowest BCUT2D eigenvalue weighted by Gasteiger charge is -1.96. The Bertz CT molecular complexity index is 305. The van der Waals surface area contributed by atoms with E-state index in [1.54, 1.807) is 0 Å². The van der Waals surface area contributed by atoms with Gasteiger partial charge in [-0.1, -0.05) is 49.6 Å². The van der Waals surface area contributed by atoms with Gasteiger partial charge < -0.3 is 0 Å². The van der Waals surface area contributed by atoms with E-state index in [0.717, 1.165) is 17.9 Å². The molecule has 0 nitrogen and oxygen atoms in total. The largest absolute Gasteiger partial charge is 0.144 e. The SMILES string of the molecule is CCCCC#CCSCc1ccccc1. The Morgan fingerprint density at radius 2 is 1.93 bits per heavy atom. The van der Waals surface area contributed by atoms with Crippen LogP contribution in [-0.4, -0.2) is 5.75 Å². The Morgan fingerprint density at radius 3 is 2.67 bits per heavy atom. The van der Waals surface area contributed by atoms with Gasteiger partial charge in [0.05, 0.1) is 5.75 Å². The van der Waals surface area contributed by atoms with Gasteiger partial charge in [-0.05, 0) is 12.0 Å². The molecule has 0 unspecified atom stereocenters. The molecule has 0 fully saturated rings. The van der Waals surface area contributed by atoms with E-state index in [2.05, 4.69) is 49.1 Å². The van der Waals surface area contributed by atoms with Crippen LogP contribution in [0.5, 0.6) is 0 Å². The van der Waals surface area contributed by atoms with Crippen molar-refractivity contribution in [2.45, 2.75) is 31.9 Å². The van der Waals surface area contributed by atoms with Gasteiger partial charge in [0.25, 0.3) is 0 Å². The molecule has 0 spiro atoms. The molecule has 0 N–H and O–H groups in total. The van der Waals surface area contributed by atoms with Gasteiger partial charge in [-0.2, -0.15) is 0 Å². The Morgan fingerprint density at radius 1 is 1.13 bits per heavy atom. The van der Waals surface area contributed by atoms with Gasteiger partial charge in [0.2, 0.25) is 0 Å². The highest BCUT2D eigenvalue weighted by atomic mass is 32.2. The van der Waals surface area contributed by atoms with Crippen molar-refractivity contribution in [1.29, 1.82) is 0 Å². The van der Waals surface area contributed by atoms with Crippen molar-refractivity contribution in [2.75, 3.05) is 5.75 Å². The molecule has 0 aliphatic heterocycles. The summed E-state index contributed by atoms with van der Waals surface area (Å²) in [5.41, 5.74) is 1.39. The first-order chi connectivity index (χ1) is 7.43. The summed E-state index contributed by atoms with van der Waals surface area (Å²) in [5.74, 6) is 8.43. The molecule has 0 radical (unpaired) electrons. The molecule has 1 aromatic rings. The van der Waals surface area contributed by atoms with Crippen LogP contribution in [0, 0.1) is 11.8 Å². The number of benzene rings is 1. The number of hydrogen-bond donors (Lipinski definition) is 0. The van der Waals surface area contributed by atoms with Crippen molar-refractivity contribution in [2.24, 2.45) is 0 Å². The maximum atomic E-state index is 3.20. The zero-order chi connectivity index (χ0) is 10.8. The predicted molar refractivity (Wildman–Crippen MR) is 69.9 cm³/mol. The zero-order valence-corrected chi connectivity index (χ0v) is 10.1. The molecule has 80 valence electrons. The fourth-order valence-electron chi connectivity index (χ4n) is 1.20. The minimum Gasteiger partial charge on any atom is -0.144 e. The molecule has 0 aliphatic rings. The summed E-state index contributed by atoms with van der Waals surface area (Å²) in [6.07, 6.45) is 3.53. The van der Waals surface area contributed by atoms with E-state index in [1.807, 2.05) is 11.8 Å². The van der Waals surface area contributed by atoms with Crippen LogP contribution in [-0.2, 0) is 5.75 Å². The highest BCUT2D eigenvalue weighted by molar-refractivity contribution is 7.98. The van der Waals surface area contributed by atoms with Crippen LogP contribution in [0.4, 0.5) is 0 Å². The molecule has 1 rings (SSSR count). The fourth-order valence-corrected chi connectivity index (χ4v) is 1.93. The van der Waals surface area contributed by atoms with Crippen LogP contribution < -0.4 is 0 Å². The average Bonchev–Trinajstić information content (AvgIpc) is 2.29. The van der Waals surface area contributed by atoms with Gasteiger partial charge in [0, 0.05) is 12.2 Å². The minimum atomic E-state index is 0.957. The number of rotatable bonds is 5. The van der Waals surface area contributed by atoms with Crippen LogP contribution in [0.1, 0.15) is 31.7 Å². The maximum absolute atomic E-state index is 3.20. The summed E-state index contributed by atoms with van der Waals surface area (Å²) in [5, 5.41) is 0. The average molecular weight is 218 g/mol. The second-order valence-electron chi connectivity index (χ2n) is 3.44. The lowest BCUT2D eigenvalue weighted by Crippen LogP contribution is -1.80. The second-order valence-corrected chi connectivity index (χ2v) is 4.42. The van der Waals surface area contributed by atoms with Crippen molar-refractivity contribution < 1.29 is 0 Å². The van der Waals surface area contributed by atoms with Crippen molar-refractivity contribution in [1.82, 2.24) is 0 Å². The van der Waals surface area contributed by atoms with Crippen LogP contribution in [0.15, 0.2) is 30.3 Å². The molecule has 1 aromatic carbocycles. The zero-order valence-electron chi connectivity index (χ0n) is 9.33. The molecule has 0 saturated carbocycles. The van der Waals surface area contributed by atoms with E-state index in [4.69, 9.17) is 0 Å². The molecule has 0 heterocycles. The molecule has 15 heavy (non-hydrogen) atoms. The molecule has 1 heteroatoms. The first-order valence-electron chi connectivity index (χ1n) is 5.51. The molecular weight excluding hydrogens is 200 g/mol. The Balaban J connectivity index is 2.08. The van der Waals surface area contributed by atoms with Crippen LogP contribution in [0.25, 0.3) is 0 Å². The summed E-state index contributed by atoms with van der Waals surface area (Å²) in [7, 11) is 0. The fraction of sp³-hybridized carbons (Fsp3) is 0.429. The minimum absolute atomic E-state index is 0.957. The van der Waals surface area contributed by atoms with Crippen molar-refractivity contribution in [3.63, 3.8) is 0 Å². The third kappa shape index (κ3) is 6.25. The predicted octanol–water partition coefficient (Wildman–Crippen LogP) is 4.11. The molecule has 0 amide bonds. The molecule has 0 aromatic heterocycles. The summed E-state index contributed by atoms with van der Waals surface area (Å²) in [6, 6.07) is 10.6. The summed E-state index contributed by atoms with van der Waals surface area (Å²) in [4.78, 5) is 0. The van der Waals surface area contributed by atoms with E-state index in [0.29, 0.717) is 0 Å². The van der Waals surface area contributed by atoms with E-state index >= 15 is 0 Å². The van der Waals surface area contributed by atoms with Gasteiger partial charge in [0.15, 0.2) is 0 Å². The van der Waals surface area contributed by atoms with Crippen LogP contribution in [0.2, 0.25) is 0 Å². The smallest absolute Gasteiger partial charge is 0.0550 e. The highest BCUT2D eigenvalue weighted by Crippen LogP contribution is 2.10. The first kappa shape index (κ1) is 12.2. The van der Waals surface area contributed by atoms with E-state index in [1.165, 1.54) is 18.4 Å². The molecular formula is C14H18S. The lowest BCUT2D eigenvalue weighted by atomic mass is 10.2. The highest BCUT2D eigenvalue weighted by Gasteiger charge is 1.89. The van der Waals surface area contributed by atoms with Crippen molar-refractivity contribution >= 4 is 11.8 Å². The summed E-state index contributed by atoms with van der Waals surface area (Å²) >= 11 is 1.89. The Hall–Kier alpha value is -0.870. The molecule has 0 bridgehead atoms. The van der Waals surface area contributed by atoms with E-state index in [9.17, 15) is 0 Å². The van der Waals surface area contributed by atoms with Crippen LogP contribution in [0.3, 0.4) is 0 Å². The second kappa shape index (κ2) is 8.44. The molecule has 0 saturated heterocycles. The van der Waals surface area contributed by atoms with Gasteiger partial charge >= 0.3 is 0 Å². The first-order valence-corrected chi connectivity index (χ1v) is 6.66. The number of hydrogen-bond acceptors (Lipinski definition) is 1. The van der Waals surface area contributed by atoms with Gasteiger partial charge in [-0.3, -0.25) is 0 Å². The summed E-state index contributed by atoms with van der Waals surface area (Å²) in [6.45, 7) is 2.20. The number of unbranched alkanes of at least 4 members (excludes halogenated alkanes) is 2. The molecule has 0 aliphatic carbocycles. The van der Waals surface area contributed by atoms with Gasteiger partial charge in [-0.15, -0.1) is 17.7 Å². The third-order valence-electron chi connectivity index (χ3n) is 2.07. The lowest BCUT2D eigenvalue weighted by molar-refractivity contribution is 0.828. The topological polar surface area (TPSA) is 0 Å². The van der Waals surface area contributed by atoms with Gasteiger partial charge in [-0.25, -0.2) is 0 Å². The standard InChI is InChI=1S/C14H18S/c1-2-3-4-5-9-12-15-13-14-10-7-6-8-11-14/h6-8,10-11H,2-4,12-13H2,1H3. The number of thioether (sulfide) groups is 1. The normalized spacial score (nSPS) is 9.40. The Kier molecular flexibility index (Phi) is 6.86. The quantitative estimate of drug-likeness (QED) is 0.529. The van der Waals surface area contributed by atoms with Crippen molar-refractivity contribution in [3.05, 3.63) is 35.9 Å². The van der Waals surface area contributed by atoms with Crippen LogP contribution >= 0.6 is 11.8 Å². The Labute approximate surface area is 97.5 Å². The third-order valence-corrected chi connectivity index (χ3v) is 2.95. The van der Waals surface area contributed by atoms with Gasteiger partial charge in [0.1, 0.15) is 0 Å². The van der Waals surface area contributed by atoms with Crippen molar-refractivity contribution in [3.8, 4) is 11.8 Å². The van der Waals surface area contributed by atoms with E-state index in [-0.39, 0.29) is 0 Å². The monoisotopic (exact) mass is 218 g/mol. The molecule has 0 atom stereocenters. The maximum Gasteiger partial charge on any atom is 0.0550 e. The summed E-state index contributed by atoms with van der Waals surface area (Å²) < 4.78 is 0. The van der Waals surface area contributed by atoms with E-state index < -0.39 is 0 Å².